The Morgan fingerprint density at radius 3 is 2.20 bits per heavy atom. The van der Waals surface area contributed by atoms with E-state index >= 15 is 0 Å². The molecule has 0 spiro atoms. The molecule has 8 nitrogen and oxygen atoms in total. The average molecular weight is 438 g/mol. The van der Waals surface area contributed by atoms with Gasteiger partial charge < -0.3 is 14.6 Å². The third kappa shape index (κ3) is 4.09. The van der Waals surface area contributed by atoms with E-state index in [1.807, 2.05) is 6.92 Å². The van der Waals surface area contributed by atoms with Gasteiger partial charge in [-0.15, -0.1) is 0 Å². The van der Waals surface area contributed by atoms with Gasteiger partial charge in [0, 0.05) is 0 Å². The molecule has 1 fully saturated rings. The molecule has 2 bridgehead atoms. The molecule has 164 valence electrons. The van der Waals surface area contributed by atoms with Crippen LogP contribution < -0.4 is 0 Å². The zero-order chi connectivity index (χ0) is 22.4. The maximum atomic E-state index is 13.5. The van der Waals surface area contributed by atoms with Crippen molar-refractivity contribution < 1.29 is 32.6 Å². The lowest BCUT2D eigenvalue weighted by Crippen LogP contribution is -2.45. The lowest BCUT2D eigenvalue weighted by atomic mass is 10.0. The average Bonchev–Trinajstić information content (AvgIpc) is 3.17. The second-order valence-corrected chi connectivity index (χ2v) is 10.8. The number of carboxylic acid groups (broad SMARTS) is 1. The van der Waals surface area contributed by atoms with Crippen molar-refractivity contribution in [3.05, 3.63) is 42.0 Å². The summed E-state index contributed by atoms with van der Waals surface area (Å²) in [4.78, 5) is 25.6. The van der Waals surface area contributed by atoms with Crippen molar-refractivity contribution in [1.29, 1.82) is 0 Å². The van der Waals surface area contributed by atoms with E-state index in [2.05, 4.69) is 0 Å². The van der Waals surface area contributed by atoms with Gasteiger partial charge >= 0.3 is 12.1 Å². The minimum atomic E-state index is -3.94. The number of carboxylic acids is 1. The van der Waals surface area contributed by atoms with Gasteiger partial charge in [0.1, 0.15) is 17.0 Å². The Bertz CT molecular complexity index is 962. The highest BCUT2D eigenvalue weighted by atomic mass is 32.2. The Labute approximate surface area is 176 Å². The van der Waals surface area contributed by atoms with Crippen molar-refractivity contribution in [3.63, 3.8) is 0 Å². The first kappa shape index (κ1) is 22.3. The zero-order valence-electron chi connectivity index (χ0n) is 17.6. The van der Waals surface area contributed by atoms with Gasteiger partial charge in [0.25, 0.3) is 0 Å². The summed E-state index contributed by atoms with van der Waals surface area (Å²) in [7, 11) is -3.94. The summed E-state index contributed by atoms with van der Waals surface area (Å²) in [6.07, 6.45) is 0.384. The van der Waals surface area contributed by atoms with Crippen LogP contribution in [0.15, 0.2) is 41.3 Å². The van der Waals surface area contributed by atoms with Crippen LogP contribution in [0.4, 0.5) is 4.79 Å². The lowest BCUT2D eigenvalue weighted by Gasteiger charge is -2.28. The molecular weight excluding hydrogens is 410 g/mol. The Kier molecular flexibility index (Phi) is 5.72. The first-order valence-corrected chi connectivity index (χ1v) is 11.3. The molecule has 30 heavy (non-hydrogen) atoms. The standard InChI is InChI=1S/C21H27NO7S/c1-12-6-8-14(9-7-12)30(26,27)18-16-11-10-15(17(18)28-13(2)19(23)24)22(16)20(25)29-21(3,4)5/h6-11,13,15-18H,1-5H3,(H,23,24)/t13-,15+,16-,17+,18+/m0/s1. The number of aryl methyl sites for hydroxylation is 1. The summed E-state index contributed by atoms with van der Waals surface area (Å²) in [5.74, 6) is -1.21. The minimum absolute atomic E-state index is 0.0970. The Morgan fingerprint density at radius 1 is 1.10 bits per heavy atom. The number of rotatable bonds is 5. The van der Waals surface area contributed by atoms with Gasteiger partial charge in [-0.3, -0.25) is 4.90 Å². The van der Waals surface area contributed by atoms with Crippen LogP contribution in [0.3, 0.4) is 0 Å². The number of hydrogen-bond acceptors (Lipinski definition) is 6. The van der Waals surface area contributed by atoms with Gasteiger partial charge in [0.05, 0.1) is 17.0 Å². The highest BCUT2D eigenvalue weighted by Crippen LogP contribution is 2.41. The molecule has 2 aliphatic heterocycles. The molecule has 2 aliphatic rings. The van der Waals surface area contributed by atoms with Gasteiger partial charge in [0.2, 0.25) is 0 Å². The van der Waals surface area contributed by atoms with E-state index in [1.54, 1.807) is 45.1 Å². The predicted octanol–water partition coefficient (Wildman–Crippen LogP) is 2.55. The van der Waals surface area contributed by atoms with Crippen molar-refractivity contribution in [2.24, 2.45) is 0 Å². The Morgan fingerprint density at radius 2 is 1.67 bits per heavy atom. The summed E-state index contributed by atoms with van der Waals surface area (Å²) in [6.45, 7) is 8.35. The second kappa shape index (κ2) is 7.70. The summed E-state index contributed by atoms with van der Waals surface area (Å²) >= 11 is 0. The maximum Gasteiger partial charge on any atom is 0.411 e. The van der Waals surface area contributed by atoms with E-state index < -0.39 is 57.0 Å². The van der Waals surface area contributed by atoms with Crippen LogP contribution in [0, 0.1) is 6.92 Å². The molecule has 3 rings (SSSR count). The molecule has 0 aromatic heterocycles. The van der Waals surface area contributed by atoms with E-state index in [-0.39, 0.29) is 4.90 Å². The quantitative estimate of drug-likeness (QED) is 0.705. The van der Waals surface area contributed by atoms with Crippen LogP contribution in [0.5, 0.6) is 0 Å². The summed E-state index contributed by atoms with van der Waals surface area (Å²) in [5, 5.41) is 8.13. The molecule has 5 atom stereocenters. The molecule has 0 saturated carbocycles. The molecule has 2 heterocycles. The van der Waals surface area contributed by atoms with Crippen LogP contribution in [0.2, 0.25) is 0 Å². The molecule has 1 N–H and O–H groups in total. The SMILES string of the molecule is Cc1ccc(S(=O)(=O)[C@H]2[C@H](O[C@@H](C)C(=O)O)[C@H]3C=C[C@@H]2N3C(=O)OC(C)(C)C)cc1. The van der Waals surface area contributed by atoms with E-state index in [9.17, 15) is 23.1 Å². The van der Waals surface area contributed by atoms with Crippen molar-refractivity contribution in [1.82, 2.24) is 4.90 Å². The monoisotopic (exact) mass is 437 g/mol. The molecule has 9 heteroatoms. The fourth-order valence-corrected chi connectivity index (χ4v) is 5.79. The minimum Gasteiger partial charge on any atom is -0.479 e. The highest BCUT2D eigenvalue weighted by Gasteiger charge is 2.59. The van der Waals surface area contributed by atoms with Crippen molar-refractivity contribution >= 4 is 21.9 Å². The number of carbonyl (C=O) groups excluding carboxylic acids is 1. The fraction of sp³-hybridized carbons (Fsp3) is 0.524. The van der Waals surface area contributed by atoms with Crippen molar-refractivity contribution in [3.8, 4) is 0 Å². The molecule has 0 radical (unpaired) electrons. The fourth-order valence-electron chi connectivity index (χ4n) is 3.79. The van der Waals surface area contributed by atoms with Gasteiger partial charge in [-0.1, -0.05) is 29.8 Å². The molecule has 1 aromatic rings. The Balaban J connectivity index is 2.02. The molecular formula is C21H27NO7S. The first-order valence-electron chi connectivity index (χ1n) is 9.71. The number of hydrogen-bond donors (Lipinski definition) is 1. The summed E-state index contributed by atoms with van der Waals surface area (Å²) in [5.41, 5.74) is 0.138. The zero-order valence-corrected chi connectivity index (χ0v) is 18.4. The van der Waals surface area contributed by atoms with Gasteiger partial charge in [0.15, 0.2) is 15.9 Å². The molecule has 1 saturated heterocycles. The number of amides is 1. The number of nitrogens with zero attached hydrogens (tertiary/aromatic N) is 1. The predicted molar refractivity (Wildman–Crippen MR) is 109 cm³/mol. The van der Waals surface area contributed by atoms with Crippen molar-refractivity contribution in [2.75, 3.05) is 0 Å². The highest BCUT2D eigenvalue weighted by molar-refractivity contribution is 7.92. The normalized spacial score (nSPS) is 26.6. The van der Waals surface area contributed by atoms with Gasteiger partial charge in [-0.05, 0) is 46.8 Å². The molecule has 1 amide bonds. The number of benzene rings is 1. The second-order valence-electron chi connectivity index (χ2n) is 8.66. The third-order valence-corrected chi connectivity index (χ3v) is 7.36. The van der Waals surface area contributed by atoms with Crippen LogP contribution in [-0.2, 0) is 24.1 Å². The van der Waals surface area contributed by atoms with Crippen LogP contribution in [0.1, 0.15) is 33.3 Å². The molecule has 1 aromatic carbocycles. The van der Waals surface area contributed by atoms with E-state index in [0.29, 0.717) is 0 Å². The van der Waals surface area contributed by atoms with Crippen LogP contribution in [0.25, 0.3) is 0 Å². The number of aliphatic carboxylic acids is 1. The van der Waals surface area contributed by atoms with Crippen LogP contribution in [-0.4, -0.2) is 65.6 Å². The number of sulfone groups is 1. The first-order chi connectivity index (χ1) is 13.8. The molecule has 0 unspecified atom stereocenters. The number of carbonyl (C=O) groups is 2. The third-order valence-electron chi connectivity index (χ3n) is 5.17. The van der Waals surface area contributed by atoms with E-state index in [4.69, 9.17) is 9.47 Å². The Hall–Kier alpha value is -2.39. The topological polar surface area (TPSA) is 110 Å². The maximum absolute atomic E-state index is 13.5. The van der Waals surface area contributed by atoms with Crippen LogP contribution >= 0.6 is 0 Å². The van der Waals surface area contributed by atoms with E-state index in [0.717, 1.165) is 5.56 Å². The largest absolute Gasteiger partial charge is 0.479 e. The smallest absolute Gasteiger partial charge is 0.411 e. The summed E-state index contributed by atoms with van der Waals surface area (Å²) in [6, 6.07) is 4.85. The summed E-state index contributed by atoms with van der Waals surface area (Å²) < 4.78 is 38.2. The molecule has 0 aliphatic carbocycles. The lowest BCUT2D eigenvalue weighted by molar-refractivity contribution is -0.152. The van der Waals surface area contributed by atoms with E-state index in [1.165, 1.54) is 24.0 Å². The van der Waals surface area contributed by atoms with Crippen molar-refractivity contribution in [2.45, 2.75) is 74.7 Å². The number of ether oxygens (including phenoxy) is 2. The van der Waals surface area contributed by atoms with Gasteiger partial charge in [-0.25, -0.2) is 18.0 Å². The number of fused-ring (bicyclic) bond motifs is 2. The van der Waals surface area contributed by atoms with Gasteiger partial charge in [-0.2, -0.15) is 0 Å².